The number of likely N-dealkylation sites (N-methyl/N-ethyl adjacent to an activating group) is 1. The lowest BCUT2D eigenvalue weighted by Crippen LogP contribution is -2.39. The highest BCUT2D eigenvalue weighted by atomic mass is 35.5. The SMILES string of the molecule is CCCC(C)CC(=O)NC[C@@H](C)NCC.Cl. The van der Waals surface area contributed by atoms with Crippen molar-refractivity contribution in [3.8, 4) is 0 Å². The Morgan fingerprint density at radius 2 is 1.88 bits per heavy atom. The van der Waals surface area contributed by atoms with Gasteiger partial charge in [-0.25, -0.2) is 0 Å². The first-order valence-corrected chi connectivity index (χ1v) is 6.10. The number of amides is 1. The van der Waals surface area contributed by atoms with Gasteiger partial charge >= 0.3 is 0 Å². The number of carbonyl (C=O) groups is 1. The molecule has 0 aliphatic heterocycles. The average Bonchev–Trinajstić information content (AvgIpc) is 2.15. The molecule has 0 saturated carbocycles. The molecule has 2 atom stereocenters. The van der Waals surface area contributed by atoms with Gasteiger partial charge in [0.25, 0.3) is 0 Å². The van der Waals surface area contributed by atoms with Crippen molar-refractivity contribution in [2.45, 2.75) is 53.0 Å². The van der Waals surface area contributed by atoms with E-state index in [9.17, 15) is 4.79 Å². The summed E-state index contributed by atoms with van der Waals surface area (Å²) in [5.74, 6) is 0.685. The predicted molar refractivity (Wildman–Crippen MR) is 72.1 cm³/mol. The minimum Gasteiger partial charge on any atom is -0.355 e. The van der Waals surface area contributed by atoms with E-state index in [2.05, 4.69) is 38.3 Å². The molecule has 98 valence electrons. The first-order chi connectivity index (χ1) is 7.10. The lowest BCUT2D eigenvalue weighted by Gasteiger charge is -2.14. The molecule has 0 saturated heterocycles. The summed E-state index contributed by atoms with van der Waals surface area (Å²) in [6.07, 6.45) is 2.95. The molecule has 0 radical (unpaired) electrons. The molecule has 0 fully saturated rings. The zero-order valence-electron chi connectivity index (χ0n) is 11.0. The number of hydrogen-bond donors (Lipinski definition) is 2. The van der Waals surface area contributed by atoms with Crippen molar-refractivity contribution >= 4 is 18.3 Å². The average molecular weight is 251 g/mol. The van der Waals surface area contributed by atoms with Crippen molar-refractivity contribution < 1.29 is 4.79 Å². The van der Waals surface area contributed by atoms with E-state index in [1.54, 1.807) is 0 Å². The molecular formula is C12H27ClN2O. The predicted octanol–water partition coefficient (Wildman–Crippen LogP) is 2.35. The summed E-state index contributed by atoms with van der Waals surface area (Å²) in [5, 5.41) is 6.22. The van der Waals surface area contributed by atoms with Crippen molar-refractivity contribution in [2.75, 3.05) is 13.1 Å². The second-order valence-corrected chi connectivity index (χ2v) is 4.36. The molecule has 0 aromatic heterocycles. The van der Waals surface area contributed by atoms with Crippen LogP contribution in [-0.2, 0) is 4.79 Å². The number of hydrogen-bond acceptors (Lipinski definition) is 2. The Kier molecular flexibility index (Phi) is 12.7. The molecule has 0 rings (SSSR count). The molecule has 0 aromatic carbocycles. The second kappa shape index (κ2) is 11.2. The van der Waals surface area contributed by atoms with Crippen molar-refractivity contribution in [3.05, 3.63) is 0 Å². The fraction of sp³-hybridized carbons (Fsp3) is 0.917. The van der Waals surface area contributed by atoms with Crippen molar-refractivity contribution in [1.29, 1.82) is 0 Å². The van der Waals surface area contributed by atoms with Crippen LogP contribution in [-0.4, -0.2) is 25.0 Å². The summed E-state index contributed by atoms with van der Waals surface area (Å²) in [7, 11) is 0. The van der Waals surface area contributed by atoms with Gasteiger partial charge in [-0.2, -0.15) is 0 Å². The molecule has 2 N–H and O–H groups in total. The Morgan fingerprint density at radius 1 is 1.25 bits per heavy atom. The zero-order valence-corrected chi connectivity index (χ0v) is 11.8. The maximum absolute atomic E-state index is 11.5. The van der Waals surface area contributed by atoms with Gasteiger partial charge in [-0.15, -0.1) is 12.4 Å². The second-order valence-electron chi connectivity index (χ2n) is 4.36. The molecular weight excluding hydrogens is 224 g/mol. The smallest absolute Gasteiger partial charge is 0.220 e. The number of rotatable bonds is 8. The molecule has 16 heavy (non-hydrogen) atoms. The molecule has 0 spiro atoms. The van der Waals surface area contributed by atoms with Gasteiger partial charge in [-0.1, -0.05) is 33.6 Å². The van der Waals surface area contributed by atoms with Gasteiger partial charge in [-0.3, -0.25) is 4.79 Å². The van der Waals surface area contributed by atoms with Crippen molar-refractivity contribution in [3.63, 3.8) is 0 Å². The minimum atomic E-state index is 0. The number of nitrogens with one attached hydrogen (secondary N) is 2. The van der Waals surface area contributed by atoms with Crippen LogP contribution in [0.3, 0.4) is 0 Å². The summed E-state index contributed by atoms with van der Waals surface area (Å²) in [6, 6.07) is 0.362. The molecule has 0 aromatic rings. The third-order valence-electron chi connectivity index (χ3n) is 2.47. The topological polar surface area (TPSA) is 41.1 Å². The fourth-order valence-corrected chi connectivity index (χ4v) is 1.67. The Labute approximate surface area is 106 Å². The lowest BCUT2D eigenvalue weighted by molar-refractivity contribution is -0.122. The maximum Gasteiger partial charge on any atom is 0.220 e. The Morgan fingerprint density at radius 3 is 2.38 bits per heavy atom. The van der Waals surface area contributed by atoms with Crippen LogP contribution in [0.15, 0.2) is 0 Å². The van der Waals surface area contributed by atoms with Crippen LogP contribution < -0.4 is 10.6 Å². The lowest BCUT2D eigenvalue weighted by atomic mass is 10.0. The summed E-state index contributed by atoms with van der Waals surface area (Å²) in [5.41, 5.74) is 0. The Balaban J connectivity index is 0. The Hall–Kier alpha value is -0.280. The van der Waals surface area contributed by atoms with Crippen LogP contribution in [0, 0.1) is 5.92 Å². The monoisotopic (exact) mass is 250 g/mol. The molecule has 0 bridgehead atoms. The highest BCUT2D eigenvalue weighted by Crippen LogP contribution is 2.08. The molecule has 0 aliphatic carbocycles. The Bertz CT molecular complexity index is 176. The van der Waals surface area contributed by atoms with E-state index in [0.717, 1.165) is 25.9 Å². The van der Waals surface area contributed by atoms with E-state index >= 15 is 0 Å². The molecule has 4 heteroatoms. The number of carbonyl (C=O) groups excluding carboxylic acids is 1. The van der Waals surface area contributed by atoms with Crippen LogP contribution in [0.5, 0.6) is 0 Å². The van der Waals surface area contributed by atoms with Crippen LogP contribution in [0.4, 0.5) is 0 Å². The normalized spacial score (nSPS) is 13.8. The summed E-state index contributed by atoms with van der Waals surface area (Å²) < 4.78 is 0. The van der Waals surface area contributed by atoms with Crippen molar-refractivity contribution in [2.24, 2.45) is 5.92 Å². The minimum absolute atomic E-state index is 0. The zero-order chi connectivity index (χ0) is 11.7. The third kappa shape index (κ3) is 10.2. The summed E-state index contributed by atoms with van der Waals surface area (Å²) in [4.78, 5) is 11.5. The van der Waals surface area contributed by atoms with Gasteiger partial charge in [0.1, 0.15) is 0 Å². The molecule has 3 nitrogen and oxygen atoms in total. The highest BCUT2D eigenvalue weighted by molar-refractivity contribution is 5.85. The van der Waals surface area contributed by atoms with Gasteiger partial charge in [0.05, 0.1) is 0 Å². The van der Waals surface area contributed by atoms with Gasteiger partial charge < -0.3 is 10.6 Å². The van der Waals surface area contributed by atoms with E-state index in [1.165, 1.54) is 0 Å². The van der Waals surface area contributed by atoms with E-state index in [1.807, 2.05) is 0 Å². The first-order valence-electron chi connectivity index (χ1n) is 6.10. The highest BCUT2D eigenvalue weighted by Gasteiger charge is 2.08. The molecule has 0 aliphatic rings. The standard InChI is InChI=1S/C12H26N2O.ClH/c1-5-7-10(3)8-12(15)14-9-11(4)13-6-2;/h10-11,13H,5-9H2,1-4H3,(H,14,15);1H/t10?,11-;/m1./s1. The molecule has 1 amide bonds. The molecule has 0 heterocycles. The first kappa shape index (κ1) is 18.1. The van der Waals surface area contributed by atoms with Gasteiger partial charge in [0.15, 0.2) is 0 Å². The quantitative estimate of drug-likeness (QED) is 0.694. The van der Waals surface area contributed by atoms with Gasteiger partial charge in [0.2, 0.25) is 5.91 Å². The summed E-state index contributed by atoms with van der Waals surface area (Å²) in [6.45, 7) is 10.1. The number of halogens is 1. The van der Waals surface area contributed by atoms with Crippen LogP contribution in [0.1, 0.15) is 47.0 Å². The van der Waals surface area contributed by atoms with Crippen LogP contribution in [0.25, 0.3) is 0 Å². The maximum atomic E-state index is 11.5. The van der Waals surface area contributed by atoms with E-state index in [0.29, 0.717) is 18.4 Å². The fourth-order valence-electron chi connectivity index (χ4n) is 1.67. The van der Waals surface area contributed by atoms with Crippen LogP contribution in [0.2, 0.25) is 0 Å². The largest absolute Gasteiger partial charge is 0.355 e. The van der Waals surface area contributed by atoms with E-state index < -0.39 is 0 Å². The summed E-state index contributed by atoms with van der Waals surface area (Å²) >= 11 is 0. The van der Waals surface area contributed by atoms with E-state index in [4.69, 9.17) is 0 Å². The van der Waals surface area contributed by atoms with Crippen molar-refractivity contribution in [1.82, 2.24) is 10.6 Å². The van der Waals surface area contributed by atoms with Gasteiger partial charge in [-0.05, 0) is 19.4 Å². The van der Waals surface area contributed by atoms with Gasteiger partial charge in [0, 0.05) is 19.0 Å². The van der Waals surface area contributed by atoms with Crippen LogP contribution >= 0.6 is 12.4 Å². The van der Waals surface area contributed by atoms with E-state index in [-0.39, 0.29) is 18.3 Å². The third-order valence-corrected chi connectivity index (χ3v) is 2.47. The molecule has 1 unspecified atom stereocenters.